The highest BCUT2D eigenvalue weighted by Crippen LogP contribution is 2.14. The van der Waals surface area contributed by atoms with E-state index in [2.05, 4.69) is 0 Å². The summed E-state index contributed by atoms with van der Waals surface area (Å²) in [4.78, 5) is 0. The third-order valence-corrected chi connectivity index (χ3v) is 1.95. The van der Waals surface area contributed by atoms with Gasteiger partial charge in [-0.15, -0.1) is 0 Å². The Labute approximate surface area is 81.6 Å². The maximum absolute atomic E-state index is 5.88. The van der Waals surface area contributed by atoms with Crippen molar-refractivity contribution in [1.29, 1.82) is 0 Å². The largest absolute Gasteiger partial charge is 0.379 e. The van der Waals surface area contributed by atoms with Gasteiger partial charge >= 0.3 is 0 Å². The van der Waals surface area contributed by atoms with E-state index in [-0.39, 0.29) is 17.7 Å². The summed E-state index contributed by atoms with van der Waals surface area (Å²) in [7, 11) is 1.70. The molecule has 0 heterocycles. The molecular weight excluding hydrogens is 166 g/mol. The van der Waals surface area contributed by atoms with Crippen LogP contribution in [0.2, 0.25) is 0 Å². The Hall–Kier alpha value is -0.120. The van der Waals surface area contributed by atoms with Crippen LogP contribution in [0.25, 0.3) is 0 Å². The van der Waals surface area contributed by atoms with E-state index < -0.39 is 0 Å². The van der Waals surface area contributed by atoms with E-state index in [0.717, 1.165) is 6.42 Å². The van der Waals surface area contributed by atoms with E-state index in [1.165, 1.54) is 0 Å². The van der Waals surface area contributed by atoms with Gasteiger partial charge in [-0.25, -0.2) is 0 Å². The normalized spacial score (nSPS) is 15.0. The molecule has 0 aliphatic rings. The van der Waals surface area contributed by atoms with Gasteiger partial charge in [0.1, 0.15) is 0 Å². The summed E-state index contributed by atoms with van der Waals surface area (Å²) < 4.78 is 10.7. The van der Waals surface area contributed by atoms with Crippen LogP contribution >= 0.6 is 0 Å². The van der Waals surface area contributed by atoms with Crippen LogP contribution in [0, 0.1) is 0 Å². The van der Waals surface area contributed by atoms with Gasteiger partial charge in [-0.2, -0.15) is 0 Å². The van der Waals surface area contributed by atoms with Crippen LogP contribution in [0.5, 0.6) is 0 Å². The van der Waals surface area contributed by atoms with Crippen LogP contribution < -0.4 is 5.73 Å². The fourth-order valence-corrected chi connectivity index (χ4v) is 1.09. The first-order chi connectivity index (χ1) is 5.87. The molecule has 3 heteroatoms. The molecule has 0 aliphatic carbocycles. The molecule has 80 valence electrons. The SMILES string of the molecule is COC(C)(C)CC(N)COC(C)C. The van der Waals surface area contributed by atoms with Gasteiger partial charge in [-0.05, 0) is 34.1 Å². The predicted molar refractivity (Wildman–Crippen MR) is 54.8 cm³/mol. The Morgan fingerprint density at radius 3 is 2.23 bits per heavy atom. The minimum Gasteiger partial charge on any atom is -0.379 e. The Morgan fingerprint density at radius 1 is 1.31 bits per heavy atom. The van der Waals surface area contributed by atoms with E-state index in [4.69, 9.17) is 15.2 Å². The van der Waals surface area contributed by atoms with Crippen LogP contribution in [0.3, 0.4) is 0 Å². The first-order valence-corrected chi connectivity index (χ1v) is 4.79. The summed E-state index contributed by atoms with van der Waals surface area (Å²) in [5.41, 5.74) is 5.73. The lowest BCUT2D eigenvalue weighted by atomic mass is 10.00. The van der Waals surface area contributed by atoms with Gasteiger partial charge in [0.15, 0.2) is 0 Å². The summed E-state index contributed by atoms with van der Waals surface area (Å²) >= 11 is 0. The zero-order valence-electron chi connectivity index (χ0n) is 9.46. The van der Waals surface area contributed by atoms with Crippen molar-refractivity contribution in [3.8, 4) is 0 Å². The van der Waals surface area contributed by atoms with Crippen molar-refractivity contribution in [3.05, 3.63) is 0 Å². The molecule has 0 aromatic carbocycles. The first kappa shape index (κ1) is 12.9. The zero-order chi connectivity index (χ0) is 10.5. The molecule has 0 aliphatic heterocycles. The average Bonchev–Trinajstić information content (AvgIpc) is 2.00. The average molecular weight is 189 g/mol. The van der Waals surface area contributed by atoms with E-state index in [9.17, 15) is 0 Å². The quantitative estimate of drug-likeness (QED) is 0.689. The van der Waals surface area contributed by atoms with Crippen LogP contribution in [-0.2, 0) is 9.47 Å². The Bertz CT molecular complexity index is 135. The third kappa shape index (κ3) is 6.99. The molecule has 2 N–H and O–H groups in total. The van der Waals surface area contributed by atoms with Crippen molar-refractivity contribution in [1.82, 2.24) is 0 Å². The Balaban J connectivity index is 3.67. The monoisotopic (exact) mass is 189 g/mol. The molecule has 0 aromatic rings. The van der Waals surface area contributed by atoms with Gasteiger partial charge < -0.3 is 15.2 Å². The Morgan fingerprint density at radius 2 is 1.85 bits per heavy atom. The predicted octanol–water partition coefficient (Wildman–Crippen LogP) is 1.55. The molecule has 0 rings (SSSR count). The molecule has 0 amide bonds. The first-order valence-electron chi connectivity index (χ1n) is 4.79. The second-order valence-corrected chi connectivity index (χ2v) is 4.31. The van der Waals surface area contributed by atoms with Crippen LogP contribution in [0.15, 0.2) is 0 Å². The highest BCUT2D eigenvalue weighted by molar-refractivity contribution is 4.75. The lowest BCUT2D eigenvalue weighted by Gasteiger charge is -2.26. The lowest BCUT2D eigenvalue weighted by Crippen LogP contribution is -2.37. The molecule has 0 fully saturated rings. The number of ether oxygens (including phenoxy) is 2. The fourth-order valence-electron chi connectivity index (χ4n) is 1.09. The Kier molecular flexibility index (Phi) is 5.53. The van der Waals surface area contributed by atoms with E-state index in [0.29, 0.717) is 6.61 Å². The number of nitrogens with two attached hydrogens (primary N) is 1. The van der Waals surface area contributed by atoms with Gasteiger partial charge in [0.2, 0.25) is 0 Å². The van der Waals surface area contributed by atoms with Gasteiger partial charge in [0.25, 0.3) is 0 Å². The smallest absolute Gasteiger partial charge is 0.0638 e. The van der Waals surface area contributed by atoms with Gasteiger partial charge in [0, 0.05) is 13.2 Å². The van der Waals surface area contributed by atoms with Crippen LogP contribution in [0.4, 0.5) is 0 Å². The third-order valence-electron chi connectivity index (χ3n) is 1.95. The molecule has 1 atom stereocenters. The van der Waals surface area contributed by atoms with Crippen molar-refractivity contribution in [2.24, 2.45) is 5.73 Å². The van der Waals surface area contributed by atoms with Crippen molar-refractivity contribution in [2.75, 3.05) is 13.7 Å². The van der Waals surface area contributed by atoms with E-state index >= 15 is 0 Å². The summed E-state index contributed by atoms with van der Waals surface area (Å²) in [6.07, 6.45) is 1.06. The molecule has 0 saturated heterocycles. The van der Waals surface area contributed by atoms with Gasteiger partial charge in [0.05, 0.1) is 18.3 Å². The summed E-state index contributed by atoms with van der Waals surface area (Å²) in [5.74, 6) is 0. The van der Waals surface area contributed by atoms with Crippen molar-refractivity contribution < 1.29 is 9.47 Å². The molecule has 0 radical (unpaired) electrons. The van der Waals surface area contributed by atoms with Crippen molar-refractivity contribution in [2.45, 2.75) is 51.9 Å². The minimum atomic E-state index is -0.153. The molecule has 1 unspecified atom stereocenters. The molecule has 0 saturated carbocycles. The standard InChI is InChI=1S/C10H23NO2/c1-8(2)13-7-9(11)6-10(3,4)12-5/h8-9H,6-7,11H2,1-5H3. The maximum atomic E-state index is 5.88. The molecule has 3 nitrogen and oxygen atoms in total. The molecule has 0 spiro atoms. The van der Waals surface area contributed by atoms with Gasteiger partial charge in [-0.3, -0.25) is 0 Å². The van der Waals surface area contributed by atoms with Crippen molar-refractivity contribution >= 4 is 0 Å². The number of rotatable bonds is 6. The summed E-state index contributed by atoms with van der Waals surface area (Å²) in [6, 6.07) is 0.0531. The summed E-state index contributed by atoms with van der Waals surface area (Å²) in [6.45, 7) is 8.68. The van der Waals surface area contributed by atoms with E-state index in [1.807, 2.05) is 27.7 Å². The molecule has 0 aromatic heterocycles. The zero-order valence-corrected chi connectivity index (χ0v) is 9.46. The molecular formula is C10H23NO2. The summed E-state index contributed by atoms with van der Waals surface area (Å²) in [5, 5.41) is 0. The topological polar surface area (TPSA) is 44.5 Å². The number of hydrogen-bond acceptors (Lipinski definition) is 3. The van der Waals surface area contributed by atoms with Crippen molar-refractivity contribution in [3.63, 3.8) is 0 Å². The fraction of sp³-hybridized carbons (Fsp3) is 1.00. The highest BCUT2D eigenvalue weighted by atomic mass is 16.5. The minimum absolute atomic E-state index is 0.0531. The second kappa shape index (κ2) is 5.58. The molecule has 13 heavy (non-hydrogen) atoms. The molecule has 0 bridgehead atoms. The van der Waals surface area contributed by atoms with Gasteiger partial charge in [-0.1, -0.05) is 0 Å². The lowest BCUT2D eigenvalue weighted by molar-refractivity contribution is -0.00585. The number of methoxy groups -OCH3 is 1. The van der Waals surface area contributed by atoms with Crippen LogP contribution in [-0.4, -0.2) is 31.5 Å². The van der Waals surface area contributed by atoms with E-state index in [1.54, 1.807) is 7.11 Å². The second-order valence-electron chi connectivity index (χ2n) is 4.31. The highest BCUT2D eigenvalue weighted by Gasteiger charge is 2.20. The van der Waals surface area contributed by atoms with Crippen LogP contribution in [0.1, 0.15) is 34.1 Å². The maximum Gasteiger partial charge on any atom is 0.0638 e. The number of hydrogen-bond donors (Lipinski definition) is 1.